The molecule has 0 fully saturated rings. The normalized spacial score (nSPS) is 14.8. The van der Waals surface area contributed by atoms with E-state index in [9.17, 15) is 28.7 Å². The molecule has 0 saturated heterocycles. The Balaban J connectivity index is 5.03. The average molecular weight is 408 g/mol. The van der Waals surface area contributed by atoms with Gasteiger partial charge in [-0.1, -0.05) is 26.2 Å². The molecule has 3 amide bonds. The first-order valence-corrected chi connectivity index (χ1v) is 10.8. The fourth-order valence-electron chi connectivity index (χ4n) is 2.39. The van der Waals surface area contributed by atoms with Gasteiger partial charge in [-0.2, -0.15) is 0 Å². The summed E-state index contributed by atoms with van der Waals surface area (Å²) < 4.78 is 11.6. The summed E-state index contributed by atoms with van der Waals surface area (Å²) in [7, 11) is -4.52. The summed E-state index contributed by atoms with van der Waals surface area (Å²) in [6.07, 6.45) is 3.38. The van der Waals surface area contributed by atoms with E-state index < -0.39 is 43.2 Å². The summed E-state index contributed by atoms with van der Waals surface area (Å²) in [5, 5.41) is 4.83. The van der Waals surface area contributed by atoms with Crippen molar-refractivity contribution < 1.29 is 28.7 Å². The summed E-state index contributed by atoms with van der Waals surface area (Å²) >= 11 is 0. The minimum atomic E-state index is -4.52. The monoisotopic (exact) mass is 408 g/mol. The molecule has 0 aliphatic carbocycles. The van der Waals surface area contributed by atoms with Crippen molar-refractivity contribution in [1.29, 1.82) is 0 Å². The van der Waals surface area contributed by atoms with Crippen LogP contribution in [0.15, 0.2) is 0 Å². The Bertz CT molecular complexity index is 553. The third-order valence-corrected chi connectivity index (χ3v) is 5.41. The lowest BCUT2D eigenvalue weighted by molar-refractivity contribution is -0.137. The molecule has 10 nitrogen and oxygen atoms in total. The van der Waals surface area contributed by atoms with Crippen LogP contribution in [0.1, 0.15) is 53.4 Å². The van der Waals surface area contributed by atoms with Gasteiger partial charge >= 0.3 is 7.60 Å². The molecule has 0 aliphatic rings. The second kappa shape index (κ2) is 12.1. The molecular formula is C16H33N4O6P. The van der Waals surface area contributed by atoms with Gasteiger partial charge in [0.15, 0.2) is 0 Å². The van der Waals surface area contributed by atoms with Crippen LogP contribution in [-0.2, 0) is 18.9 Å². The first kappa shape index (κ1) is 25.5. The number of unbranched alkanes of at least 4 members (excludes halogenated alkanes) is 3. The van der Waals surface area contributed by atoms with Gasteiger partial charge in [-0.25, -0.2) is 0 Å². The fraction of sp³-hybridized carbons (Fsp3) is 0.812. The summed E-state index contributed by atoms with van der Waals surface area (Å²) in [5.41, 5.74) is 5.17. The van der Waals surface area contributed by atoms with Crippen LogP contribution in [0.4, 0.5) is 0 Å². The SMILES string of the molecule is CCCCCCN(C(=O)[C@H](C)NC(=O)[C@H](C)NC(=O)CN)[C@@H](C)P(=O)(O)O. The number of nitrogens with two attached hydrogens (primary N) is 1. The van der Waals surface area contributed by atoms with Gasteiger partial charge in [-0.3, -0.25) is 18.9 Å². The predicted molar refractivity (Wildman–Crippen MR) is 102 cm³/mol. The summed E-state index contributed by atoms with van der Waals surface area (Å²) in [5.74, 6) is -2.98. The van der Waals surface area contributed by atoms with E-state index in [1.165, 1.54) is 20.8 Å². The van der Waals surface area contributed by atoms with Crippen molar-refractivity contribution in [3.63, 3.8) is 0 Å². The number of amides is 3. The molecule has 11 heteroatoms. The topological polar surface area (TPSA) is 162 Å². The van der Waals surface area contributed by atoms with Crippen molar-refractivity contribution in [1.82, 2.24) is 15.5 Å². The van der Waals surface area contributed by atoms with E-state index in [0.717, 1.165) is 24.2 Å². The fourth-order valence-corrected chi connectivity index (χ4v) is 2.98. The smallest absolute Gasteiger partial charge is 0.343 e. The number of carbonyl (C=O) groups is 3. The Labute approximate surface area is 160 Å². The van der Waals surface area contributed by atoms with Gasteiger partial charge in [0.2, 0.25) is 17.7 Å². The molecule has 0 radical (unpaired) electrons. The molecule has 0 aromatic heterocycles. The van der Waals surface area contributed by atoms with Crippen LogP contribution in [0.3, 0.4) is 0 Å². The highest BCUT2D eigenvalue weighted by atomic mass is 31.2. The lowest BCUT2D eigenvalue weighted by atomic mass is 10.2. The Morgan fingerprint density at radius 1 is 1.04 bits per heavy atom. The lowest BCUT2D eigenvalue weighted by Gasteiger charge is -2.32. The van der Waals surface area contributed by atoms with E-state index in [1.807, 2.05) is 6.92 Å². The molecule has 158 valence electrons. The molecule has 0 heterocycles. The Morgan fingerprint density at radius 3 is 2.11 bits per heavy atom. The Morgan fingerprint density at radius 2 is 1.63 bits per heavy atom. The quantitative estimate of drug-likeness (QED) is 0.222. The van der Waals surface area contributed by atoms with E-state index in [1.54, 1.807) is 0 Å². The van der Waals surface area contributed by atoms with Crippen LogP contribution in [0.2, 0.25) is 0 Å². The lowest BCUT2D eigenvalue weighted by Crippen LogP contribution is -2.54. The first-order chi connectivity index (χ1) is 12.4. The van der Waals surface area contributed by atoms with Crippen molar-refractivity contribution in [2.75, 3.05) is 13.1 Å². The second-order valence-electron chi connectivity index (χ2n) is 6.54. The molecule has 0 aromatic carbocycles. The standard InChI is InChI=1S/C16H33N4O6P/c1-5-6-7-8-9-20(13(4)27(24,25)26)16(23)12(3)19-15(22)11(2)18-14(21)10-17/h11-13H,5-10,17H2,1-4H3,(H,18,21)(H,19,22)(H2,24,25,26)/t11-,12-,13+/m0/s1. The number of nitrogens with zero attached hydrogens (tertiary/aromatic N) is 1. The van der Waals surface area contributed by atoms with Gasteiger partial charge in [-0.05, 0) is 27.2 Å². The van der Waals surface area contributed by atoms with Gasteiger partial charge in [0, 0.05) is 6.54 Å². The van der Waals surface area contributed by atoms with Crippen LogP contribution in [0.25, 0.3) is 0 Å². The highest BCUT2D eigenvalue weighted by molar-refractivity contribution is 7.52. The Hall–Kier alpha value is -1.48. The van der Waals surface area contributed by atoms with Crippen molar-refractivity contribution in [2.45, 2.75) is 71.2 Å². The third kappa shape index (κ3) is 9.32. The van der Waals surface area contributed by atoms with Crippen LogP contribution in [0.5, 0.6) is 0 Å². The summed E-state index contributed by atoms with van der Waals surface area (Å²) in [6, 6.07) is -1.90. The zero-order valence-electron chi connectivity index (χ0n) is 16.5. The van der Waals surface area contributed by atoms with Crippen LogP contribution >= 0.6 is 7.60 Å². The predicted octanol–water partition coefficient (Wildman–Crippen LogP) is -0.113. The van der Waals surface area contributed by atoms with E-state index in [0.29, 0.717) is 6.42 Å². The maximum atomic E-state index is 12.7. The van der Waals surface area contributed by atoms with Gasteiger partial charge in [0.25, 0.3) is 0 Å². The first-order valence-electron chi connectivity index (χ1n) is 9.11. The molecule has 0 aliphatic heterocycles. The van der Waals surface area contributed by atoms with Gasteiger partial charge in [-0.15, -0.1) is 0 Å². The molecule has 0 bridgehead atoms. The van der Waals surface area contributed by atoms with E-state index in [2.05, 4.69) is 10.6 Å². The molecule has 0 rings (SSSR count). The van der Waals surface area contributed by atoms with E-state index >= 15 is 0 Å². The molecule has 0 saturated carbocycles. The second-order valence-corrected chi connectivity index (χ2v) is 8.46. The number of nitrogens with one attached hydrogen (secondary N) is 2. The van der Waals surface area contributed by atoms with Crippen molar-refractivity contribution in [3.05, 3.63) is 0 Å². The third-order valence-electron chi connectivity index (χ3n) is 4.16. The summed E-state index contributed by atoms with van der Waals surface area (Å²) in [6.45, 7) is 6.12. The largest absolute Gasteiger partial charge is 0.347 e. The molecule has 3 atom stereocenters. The summed E-state index contributed by atoms with van der Waals surface area (Å²) in [4.78, 5) is 56.1. The molecule has 0 spiro atoms. The van der Waals surface area contributed by atoms with Gasteiger partial charge in [0.1, 0.15) is 17.9 Å². The van der Waals surface area contributed by atoms with E-state index in [4.69, 9.17) is 5.73 Å². The average Bonchev–Trinajstić information content (AvgIpc) is 2.59. The number of hydrogen-bond acceptors (Lipinski definition) is 5. The van der Waals surface area contributed by atoms with Crippen molar-refractivity contribution >= 4 is 25.3 Å². The number of hydrogen-bond donors (Lipinski definition) is 5. The maximum absolute atomic E-state index is 12.7. The van der Waals surface area contributed by atoms with E-state index in [-0.39, 0.29) is 13.1 Å². The van der Waals surface area contributed by atoms with Gasteiger partial charge in [0.05, 0.1) is 6.54 Å². The minimum absolute atomic E-state index is 0.185. The molecule has 0 unspecified atom stereocenters. The van der Waals surface area contributed by atoms with Crippen LogP contribution < -0.4 is 16.4 Å². The molecule has 27 heavy (non-hydrogen) atoms. The Kier molecular flexibility index (Phi) is 11.4. The number of carbonyl (C=O) groups excluding carboxylic acids is 3. The van der Waals surface area contributed by atoms with Crippen LogP contribution in [-0.4, -0.2) is 63.4 Å². The zero-order chi connectivity index (χ0) is 21.2. The highest BCUT2D eigenvalue weighted by Crippen LogP contribution is 2.42. The minimum Gasteiger partial charge on any atom is -0.343 e. The van der Waals surface area contributed by atoms with Crippen LogP contribution in [0, 0.1) is 0 Å². The number of rotatable bonds is 12. The molecule has 0 aromatic rings. The molecule has 6 N–H and O–H groups in total. The van der Waals surface area contributed by atoms with Crippen molar-refractivity contribution in [2.24, 2.45) is 5.73 Å². The highest BCUT2D eigenvalue weighted by Gasteiger charge is 2.35. The zero-order valence-corrected chi connectivity index (χ0v) is 17.4. The maximum Gasteiger partial charge on any atom is 0.347 e. The van der Waals surface area contributed by atoms with Gasteiger partial charge < -0.3 is 31.1 Å². The molecular weight excluding hydrogens is 375 g/mol. The van der Waals surface area contributed by atoms with Crippen molar-refractivity contribution in [3.8, 4) is 0 Å².